The van der Waals surface area contributed by atoms with Crippen LogP contribution in [0.25, 0.3) is 0 Å². The predicted molar refractivity (Wildman–Crippen MR) is 67.4 cm³/mol. The molecule has 1 atom stereocenters. The van der Waals surface area contributed by atoms with Crippen molar-refractivity contribution < 1.29 is 9.59 Å². The van der Waals surface area contributed by atoms with Crippen LogP contribution >= 0.6 is 23.5 Å². The molecule has 1 unspecified atom stereocenters. The molecule has 4 heteroatoms. The fourth-order valence-corrected chi connectivity index (χ4v) is 4.47. The summed E-state index contributed by atoms with van der Waals surface area (Å²) in [5.74, 6) is 1.99. The number of carbonyl (C=O) groups is 2. The Bertz CT molecular complexity index is 257. The van der Waals surface area contributed by atoms with E-state index in [4.69, 9.17) is 0 Å². The third-order valence-corrected chi connectivity index (χ3v) is 6.00. The highest BCUT2D eigenvalue weighted by atomic mass is 32.2. The Morgan fingerprint density at radius 1 is 1.27 bits per heavy atom. The minimum Gasteiger partial charge on any atom is -0.299 e. The van der Waals surface area contributed by atoms with Gasteiger partial charge >= 0.3 is 0 Å². The monoisotopic (exact) mass is 246 g/mol. The van der Waals surface area contributed by atoms with Gasteiger partial charge in [-0.05, 0) is 13.8 Å². The molecule has 15 heavy (non-hydrogen) atoms. The Morgan fingerprint density at radius 2 is 1.80 bits per heavy atom. The van der Waals surface area contributed by atoms with Gasteiger partial charge in [0.1, 0.15) is 11.6 Å². The minimum absolute atomic E-state index is 0.0133. The van der Waals surface area contributed by atoms with Crippen LogP contribution in [0.4, 0.5) is 0 Å². The second kappa shape index (κ2) is 5.39. The smallest absolute Gasteiger partial charge is 0.145 e. The van der Waals surface area contributed by atoms with Crippen molar-refractivity contribution in [3.8, 4) is 0 Å². The Hall–Kier alpha value is 0.0400. The van der Waals surface area contributed by atoms with E-state index in [9.17, 15) is 9.59 Å². The normalized spacial score (nSPS) is 21.3. The molecular formula is C11H18O2S2. The summed E-state index contributed by atoms with van der Waals surface area (Å²) in [6.07, 6.45) is 0.985. The number of Topliss-reactive ketones (excluding diaryl/α,β-unsaturated/α-hetero) is 2. The van der Waals surface area contributed by atoms with E-state index in [0.29, 0.717) is 12.8 Å². The van der Waals surface area contributed by atoms with Crippen molar-refractivity contribution in [3.63, 3.8) is 0 Å². The van der Waals surface area contributed by atoms with Gasteiger partial charge < -0.3 is 0 Å². The van der Waals surface area contributed by atoms with Gasteiger partial charge in [-0.25, -0.2) is 0 Å². The lowest BCUT2D eigenvalue weighted by Crippen LogP contribution is -2.26. The SMILES string of the molecule is CCC(=O)C(C)C(=O)CC1(C)SCCS1. The number of ketones is 2. The minimum atomic E-state index is -0.409. The van der Waals surface area contributed by atoms with Gasteiger partial charge in [0.25, 0.3) is 0 Å². The largest absolute Gasteiger partial charge is 0.299 e. The van der Waals surface area contributed by atoms with Gasteiger partial charge in [-0.15, -0.1) is 23.5 Å². The van der Waals surface area contributed by atoms with E-state index >= 15 is 0 Å². The summed E-state index contributed by atoms with van der Waals surface area (Å²) in [5.41, 5.74) is 0. The third kappa shape index (κ3) is 3.52. The second-order valence-corrected chi connectivity index (χ2v) is 7.47. The Balaban J connectivity index is 2.51. The summed E-state index contributed by atoms with van der Waals surface area (Å²) >= 11 is 3.68. The summed E-state index contributed by atoms with van der Waals surface area (Å²) in [5, 5.41) is 0. The summed E-state index contributed by atoms with van der Waals surface area (Å²) < 4.78 is 0.0133. The molecule has 0 N–H and O–H groups in total. The van der Waals surface area contributed by atoms with Crippen LogP contribution in [-0.2, 0) is 9.59 Å². The molecule has 0 amide bonds. The van der Waals surface area contributed by atoms with Crippen LogP contribution in [0.2, 0.25) is 0 Å². The third-order valence-electron chi connectivity index (χ3n) is 2.71. The molecule has 0 spiro atoms. The molecule has 0 bridgehead atoms. The Morgan fingerprint density at radius 3 is 2.27 bits per heavy atom. The lowest BCUT2D eigenvalue weighted by Gasteiger charge is -2.22. The lowest BCUT2D eigenvalue weighted by molar-refractivity contribution is -0.131. The topological polar surface area (TPSA) is 34.1 Å². The first kappa shape index (κ1) is 13.1. The summed E-state index contributed by atoms with van der Waals surface area (Å²) in [6, 6.07) is 0. The Kier molecular flexibility index (Phi) is 4.71. The van der Waals surface area contributed by atoms with Crippen LogP contribution in [0.15, 0.2) is 0 Å². The van der Waals surface area contributed by atoms with Crippen LogP contribution in [0.3, 0.4) is 0 Å². The van der Waals surface area contributed by atoms with Gasteiger partial charge in [-0.1, -0.05) is 6.92 Å². The molecule has 0 radical (unpaired) electrons. The number of carbonyl (C=O) groups excluding carboxylic acids is 2. The van der Waals surface area contributed by atoms with E-state index in [1.165, 1.54) is 0 Å². The standard InChI is InChI=1S/C11H18O2S2/c1-4-9(12)8(2)10(13)7-11(3)14-5-6-15-11/h8H,4-7H2,1-3H3. The quantitative estimate of drug-likeness (QED) is 0.699. The highest BCUT2D eigenvalue weighted by molar-refractivity contribution is 8.21. The lowest BCUT2D eigenvalue weighted by atomic mass is 9.96. The van der Waals surface area contributed by atoms with Crippen LogP contribution in [0.1, 0.15) is 33.6 Å². The van der Waals surface area contributed by atoms with Gasteiger partial charge in [-0.3, -0.25) is 9.59 Å². The zero-order chi connectivity index (χ0) is 11.5. The van der Waals surface area contributed by atoms with E-state index in [0.717, 1.165) is 11.5 Å². The van der Waals surface area contributed by atoms with Crippen molar-refractivity contribution in [2.75, 3.05) is 11.5 Å². The van der Waals surface area contributed by atoms with Crippen LogP contribution in [0.5, 0.6) is 0 Å². The van der Waals surface area contributed by atoms with Gasteiger partial charge in [0.15, 0.2) is 0 Å². The molecule has 86 valence electrons. The molecule has 1 heterocycles. The van der Waals surface area contributed by atoms with Crippen molar-refractivity contribution >= 4 is 35.1 Å². The van der Waals surface area contributed by atoms with Crippen molar-refractivity contribution in [1.82, 2.24) is 0 Å². The maximum Gasteiger partial charge on any atom is 0.145 e. The summed E-state index contributed by atoms with van der Waals surface area (Å²) in [4.78, 5) is 23.3. The van der Waals surface area contributed by atoms with E-state index in [-0.39, 0.29) is 15.6 Å². The molecule has 0 aromatic rings. The van der Waals surface area contributed by atoms with Crippen molar-refractivity contribution in [2.45, 2.75) is 37.7 Å². The molecular weight excluding hydrogens is 228 g/mol. The summed E-state index contributed by atoms with van der Waals surface area (Å²) in [6.45, 7) is 5.66. The average molecular weight is 246 g/mol. The maximum atomic E-state index is 11.9. The number of hydrogen-bond acceptors (Lipinski definition) is 4. The fraction of sp³-hybridized carbons (Fsp3) is 0.818. The number of thioether (sulfide) groups is 2. The zero-order valence-electron chi connectivity index (χ0n) is 9.54. The van der Waals surface area contributed by atoms with Crippen LogP contribution < -0.4 is 0 Å². The van der Waals surface area contributed by atoms with Crippen LogP contribution in [-0.4, -0.2) is 27.2 Å². The average Bonchev–Trinajstić information content (AvgIpc) is 2.62. The highest BCUT2D eigenvalue weighted by Crippen LogP contribution is 2.46. The molecule has 1 saturated heterocycles. The van der Waals surface area contributed by atoms with Gasteiger partial charge in [-0.2, -0.15) is 0 Å². The molecule has 0 aromatic heterocycles. The molecule has 2 nitrogen and oxygen atoms in total. The van der Waals surface area contributed by atoms with Crippen LogP contribution in [0, 0.1) is 5.92 Å². The molecule has 0 aliphatic carbocycles. The number of hydrogen-bond donors (Lipinski definition) is 0. The molecule has 1 rings (SSSR count). The van der Waals surface area contributed by atoms with Crippen molar-refractivity contribution in [3.05, 3.63) is 0 Å². The highest BCUT2D eigenvalue weighted by Gasteiger charge is 2.35. The maximum absolute atomic E-state index is 11.9. The summed E-state index contributed by atoms with van der Waals surface area (Å²) in [7, 11) is 0. The molecule has 1 aliphatic rings. The van der Waals surface area contributed by atoms with Crippen molar-refractivity contribution in [2.24, 2.45) is 5.92 Å². The fourth-order valence-electron chi connectivity index (χ4n) is 1.61. The van der Waals surface area contributed by atoms with E-state index in [1.807, 2.05) is 30.4 Å². The first-order valence-electron chi connectivity index (χ1n) is 5.32. The molecule has 1 aliphatic heterocycles. The van der Waals surface area contributed by atoms with E-state index < -0.39 is 5.92 Å². The van der Waals surface area contributed by atoms with Crippen molar-refractivity contribution in [1.29, 1.82) is 0 Å². The van der Waals surface area contributed by atoms with Gasteiger partial charge in [0, 0.05) is 24.3 Å². The Labute approximate surface area is 100.0 Å². The van der Waals surface area contributed by atoms with E-state index in [1.54, 1.807) is 6.92 Å². The number of rotatable bonds is 5. The zero-order valence-corrected chi connectivity index (χ0v) is 11.2. The molecule has 0 saturated carbocycles. The van der Waals surface area contributed by atoms with E-state index in [2.05, 4.69) is 6.92 Å². The first-order valence-corrected chi connectivity index (χ1v) is 7.29. The molecule has 0 aromatic carbocycles. The second-order valence-electron chi connectivity index (χ2n) is 4.02. The van der Waals surface area contributed by atoms with Gasteiger partial charge in [0.05, 0.1) is 10.00 Å². The molecule has 1 fully saturated rings. The first-order chi connectivity index (χ1) is 6.98. The predicted octanol–water partition coefficient (Wildman–Crippen LogP) is 2.76. The van der Waals surface area contributed by atoms with Gasteiger partial charge in [0.2, 0.25) is 0 Å².